The summed E-state index contributed by atoms with van der Waals surface area (Å²) in [6, 6.07) is 6.23. The van der Waals surface area contributed by atoms with Gasteiger partial charge in [0.05, 0.1) is 13.2 Å². The minimum absolute atomic E-state index is 0. The predicted octanol–water partition coefficient (Wildman–Crippen LogP) is 3.04. The molecule has 0 radical (unpaired) electrons. The maximum absolute atomic E-state index is 5.85. The second kappa shape index (κ2) is 15.9. The lowest BCUT2D eigenvalue weighted by atomic mass is 10.1. The van der Waals surface area contributed by atoms with Gasteiger partial charge in [0.25, 0.3) is 0 Å². The van der Waals surface area contributed by atoms with Gasteiger partial charge in [-0.15, -0.1) is 24.0 Å². The third-order valence-corrected chi connectivity index (χ3v) is 4.13. The van der Waals surface area contributed by atoms with Gasteiger partial charge in [0, 0.05) is 32.3 Å². The van der Waals surface area contributed by atoms with Crippen molar-refractivity contribution in [2.45, 2.75) is 34.2 Å². The number of aryl methyl sites for hydroxylation is 1. The molecule has 1 rings (SSSR count). The Balaban J connectivity index is 0.00000676. The molecule has 0 aliphatic carbocycles. The van der Waals surface area contributed by atoms with Gasteiger partial charge < -0.3 is 25.0 Å². The zero-order chi connectivity index (χ0) is 19.2. The molecule has 2 N–H and O–H groups in total. The number of nitrogens with zero attached hydrogens (tertiary/aromatic N) is 2. The molecule has 0 unspecified atom stereocenters. The van der Waals surface area contributed by atoms with Crippen molar-refractivity contribution < 1.29 is 9.47 Å². The number of likely N-dealkylation sites (N-methyl/N-ethyl adjacent to an activating group) is 1. The Morgan fingerprint density at radius 2 is 1.85 bits per heavy atom. The van der Waals surface area contributed by atoms with E-state index in [-0.39, 0.29) is 24.0 Å². The Morgan fingerprint density at radius 3 is 2.48 bits per heavy atom. The van der Waals surface area contributed by atoms with Crippen molar-refractivity contribution in [2.24, 2.45) is 4.99 Å². The van der Waals surface area contributed by atoms with E-state index in [1.807, 2.05) is 0 Å². The van der Waals surface area contributed by atoms with Crippen molar-refractivity contribution in [1.29, 1.82) is 0 Å². The van der Waals surface area contributed by atoms with Crippen LogP contribution >= 0.6 is 24.0 Å². The molecule has 1 aromatic carbocycles. The van der Waals surface area contributed by atoms with Gasteiger partial charge in [-0.1, -0.05) is 26.0 Å². The van der Waals surface area contributed by atoms with E-state index in [1.165, 1.54) is 5.56 Å². The number of benzene rings is 1. The van der Waals surface area contributed by atoms with Crippen LogP contribution in [0.15, 0.2) is 23.2 Å². The first-order valence-electron chi connectivity index (χ1n) is 9.60. The molecule has 0 amide bonds. The minimum Gasteiger partial charge on any atom is -0.491 e. The van der Waals surface area contributed by atoms with E-state index >= 15 is 0 Å². The van der Waals surface area contributed by atoms with Gasteiger partial charge in [-0.3, -0.25) is 0 Å². The van der Waals surface area contributed by atoms with E-state index in [4.69, 9.17) is 14.5 Å². The lowest BCUT2D eigenvalue weighted by Crippen LogP contribution is -2.41. The van der Waals surface area contributed by atoms with Crippen LogP contribution in [0, 0.1) is 6.92 Å². The summed E-state index contributed by atoms with van der Waals surface area (Å²) in [6.07, 6.45) is 0. The molecule has 0 aromatic heterocycles. The highest BCUT2D eigenvalue weighted by Crippen LogP contribution is 2.21. The second-order valence-corrected chi connectivity index (χ2v) is 6.10. The maximum Gasteiger partial charge on any atom is 0.191 e. The van der Waals surface area contributed by atoms with Gasteiger partial charge in [-0.2, -0.15) is 0 Å². The molecule has 156 valence electrons. The number of ether oxygens (including phenoxy) is 2. The summed E-state index contributed by atoms with van der Waals surface area (Å²) in [5, 5.41) is 6.71. The zero-order valence-electron chi connectivity index (χ0n) is 17.5. The molecule has 0 saturated carbocycles. The van der Waals surface area contributed by atoms with Crippen molar-refractivity contribution in [1.82, 2.24) is 15.5 Å². The molecule has 7 heteroatoms. The van der Waals surface area contributed by atoms with Crippen LogP contribution in [0.25, 0.3) is 0 Å². The van der Waals surface area contributed by atoms with Crippen LogP contribution in [0.3, 0.4) is 0 Å². The third-order valence-electron chi connectivity index (χ3n) is 4.13. The average molecular weight is 492 g/mol. The van der Waals surface area contributed by atoms with E-state index in [9.17, 15) is 0 Å². The summed E-state index contributed by atoms with van der Waals surface area (Å²) in [6.45, 7) is 15.1. The number of rotatable bonds is 12. The smallest absolute Gasteiger partial charge is 0.191 e. The first-order chi connectivity index (χ1) is 12.6. The van der Waals surface area contributed by atoms with E-state index in [0.29, 0.717) is 19.8 Å². The van der Waals surface area contributed by atoms with Crippen LogP contribution in [-0.4, -0.2) is 63.9 Å². The number of methoxy groups -OCH3 is 1. The molecule has 0 bridgehead atoms. The number of hydrogen-bond acceptors (Lipinski definition) is 4. The third kappa shape index (κ3) is 10.8. The van der Waals surface area contributed by atoms with E-state index in [2.05, 4.69) is 61.4 Å². The summed E-state index contributed by atoms with van der Waals surface area (Å²) >= 11 is 0. The molecule has 0 fully saturated rings. The van der Waals surface area contributed by atoms with Gasteiger partial charge >= 0.3 is 0 Å². The molecule has 6 nitrogen and oxygen atoms in total. The molecular formula is C20H37IN4O2. The van der Waals surface area contributed by atoms with Crippen LogP contribution in [0.2, 0.25) is 0 Å². The minimum atomic E-state index is 0. The van der Waals surface area contributed by atoms with Crippen LogP contribution in [0.1, 0.15) is 31.9 Å². The van der Waals surface area contributed by atoms with E-state index < -0.39 is 0 Å². The number of nitrogens with one attached hydrogen (secondary N) is 2. The summed E-state index contributed by atoms with van der Waals surface area (Å²) in [5.74, 6) is 1.72. The van der Waals surface area contributed by atoms with Crippen molar-refractivity contribution in [3.05, 3.63) is 29.3 Å². The topological polar surface area (TPSA) is 58.1 Å². The van der Waals surface area contributed by atoms with E-state index in [0.717, 1.165) is 50.0 Å². The molecule has 0 atom stereocenters. The Hall–Kier alpha value is -1.06. The lowest BCUT2D eigenvalue weighted by molar-refractivity contribution is 0.145. The quantitative estimate of drug-likeness (QED) is 0.203. The number of halogens is 1. The first kappa shape index (κ1) is 25.9. The predicted molar refractivity (Wildman–Crippen MR) is 125 cm³/mol. The Labute approximate surface area is 182 Å². The first-order valence-corrected chi connectivity index (χ1v) is 9.60. The highest BCUT2D eigenvalue weighted by atomic mass is 127. The summed E-state index contributed by atoms with van der Waals surface area (Å²) in [7, 11) is 1.68. The van der Waals surface area contributed by atoms with Crippen molar-refractivity contribution >= 4 is 29.9 Å². The van der Waals surface area contributed by atoms with Gasteiger partial charge in [0.15, 0.2) is 5.96 Å². The van der Waals surface area contributed by atoms with Crippen LogP contribution in [-0.2, 0) is 11.3 Å². The lowest BCUT2D eigenvalue weighted by Gasteiger charge is -2.19. The summed E-state index contributed by atoms with van der Waals surface area (Å²) in [5.41, 5.74) is 2.25. The highest BCUT2D eigenvalue weighted by Gasteiger charge is 2.06. The number of aliphatic imine (C=N–C) groups is 1. The average Bonchev–Trinajstić information content (AvgIpc) is 2.64. The largest absolute Gasteiger partial charge is 0.491 e. The fraction of sp³-hybridized carbons (Fsp3) is 0.650. The van der Waals surface area contributed by atoms with Crippen LogP contribution in [0.5, 0.6) is 5.75 Å². The molecule has 27 heavy (non-hydrogen) atoms. The molecule has 0 saturated heterocycles. The molecule has 0 aliphatic rings. The van der Waals surface area contributed by atoms with Crippen LogP contribution < -0.4 is 15.4 Å². The zero-order valence-corrected chi connectivity index (χ0v) is 19.8. The van der Waals surface area contributed by atoms with E-state index in [1.54, 1.807) is 7.11 Å². The van der Waals surface area contributed by atoms with Gasteiger partial charge in [0.2, 0.25) is 0 Å². The highest BCUT2D eigenvalue weighted by molar-refractivity contribution is 14.0. The summed E-state index contributed by atoms with van der Waals surface area (Å²) in [4.78, 5) is 7.10. The van der Waals surface area contributed by atoms with Crippen molar-refractivity contribution in [2.75, 3.05) is 53.0 Å². The standard InChI is InChI=1S/C20H36N4O2.HI/c1-6-21-20(22-11-12-24(7-2)8-3)23-16-18-10-9-17(4)15-19(18)26-14-13-25-5;/h9-10,15H,6-8,11-14,16H2,1-5H3,(H2,21,22,23);1H. The van der Waals surface area contributed by atoms with Crippen molar-refractivity contribution in [3.8, 4) is 5.75 Å². The van der Waals surface area contributed by atoms with Gasteiger partial charge in [-0.25, -0.2) is 4.99 Å². The summed E-state index contributed by atoms with van der Waals surface area (Å²) < 4.78 is 10.9. The fourth-order valence-corrected chi connectivity index (χ4v) is 2.54. The molecular weight excluding hydrogens is 455 g/mol. The monoisotopic (exact) mass is 492 g/mol. The molecule has 0 aliphatic heterocycles. The van der Waals surface area contributed by atoms with Gasteiger partial charge in [0.1, 0.15) is 12.4 Å². The SMILES string of the molecule is CCNC(=NCc1ccc(C)cc1OCCOC)NCCN(CC)CC.I. The molecule has 0 spiro atoms. The fourth-order valence-electron chi connectivity index (χ4n) is 2.54. The Morgan fingerprint density at radius 1 is 1.11 bits per heavy atom. The van der Waals surface area contributed by atoms with Crippen LogP contribution in [0.4, 0.5) is 0 Å². The maximum atomic E-state index is 5.85. The Kier molecular flexibility index (Phi) is 15.3. The molecule has 0 heterocycles. The second-order valence-electron chi connectivity index (χ2n) is 6.10. The molecule has 1 aromatic rings. The normalized spacial score (nSPS) is 11.3. The number of guanidine groups is 1. The Bertz CT molecular complexity index is 537. The van der Waals surface area contributed by atoms with Gasteiger partial charge in [-0.05, 0) is 38.6 Å². The van der Waals surface area contributed by atoms with Crippen molar-refractivity contribution in [3.63, 3.8) is 0 Å². The number of hydrogen-bond donors (Lipinski definition) is 2.